The summed E-state index contributed by atoms with van der Waals surface area (Å²) in [5.41, 5.74) is 0. The van der Waals surface area contributed by atoms with Gasteiger partial charge in [0, 0.05) is 28.9 Å². The summed E-state index contributed by atoms with van der Waals surface area (Å²) in [6.45, 7) is 2.89. The summed E-state index contributed by atoms with van der Waals surface area (Å²) in [5.74, 6) is 1.96. The summed E-state index contributed by atoms with van der Waals surface area (Å²) in [6, 6.07) is 8.35. The molecule has 3 nitrogen and oxygen atoms in total. The molecule has 1 saturated heterocycles. The van der Waals surface area contributed by atoms with E-state index in [2.05, 4.69) is 50.4 Å². The minimum Gasteiger partial charge on any atom is -0.342 e. The number of nitrogens with one attached hydrogen (secondary N) is 1. The molecule has 2 rings (SSSR count). The lowest BCUT2D eigenvalue weighted by Crippen LogP contribution is -2.42. The second-order valence-electron chi connectivity index (χ2n) is 5.81. The Balaban J connectivity index is 1.65. The normalized spacial score (nSPS) is 18.5. The number of piperidine rings is 1. The first-order chi connectivity index (χ1) is 10.7. The predicted octanol–water partition coefficient (Wildman–Crippen LogP) is 3.78. The van der Waals surface area contributed by atoms with Gasteiger partial charge < -0.3 is 10.2 Å². The van der Waals surface area contributed by atoms with Crippen molar-refractivity contribution in [2.45, 2.75) is 30.6 Å². The van der Waals surface area contributed by atoms with Crippen LogP contribution in [0.1, 0.15) is 25.7 Å². The molecule has 1 heterocycles. The maximum absolute atomic E-state index is 12.3. The molecule has 1 unspecified atom stereocenters. The van der Waals surface area contributed by atoms with Gasteiger partial charge in [0.05, 0.1) is 0 Å². The Labute approximate surface area is 146 Å². The van der Waals surface area contributed by atoms with Crippen LogP contribution in [-0.2, 0) is 4.79 Å². The molecule has 1 aliphatic rings. The molecule has 1 aliphatic heterocycles. The first-order valence-electron chi connectivity index (χ1n) is 8.00. The number of rotatable bonds is 7. The third-order valence-electron chi connectivity index (χ3n) is 3.98. The number of carbonyl (C=O) groups excluding carboxylic acids is 1. The van der Waals surface area contributed by atoms with Crippen molar-refractivity contribution in [2.24, 2.45) is 5.92 Å². The van der Waals surface area contributed by atoms with Gasteiger partial charge in [0.1, 0.15) is 0 Å². The Morgan fingerprint density at radius 2 is 2.18 bits per heavy atom. The molecular formula is C17H25BrN2OS. The van der Waals surface area contributed by atoms with Crippen LogP contribution in [0, 0.1) is 5.92 Å². The van der Waals surface area contributed by atoms with Crippen molar-refractivity contribution in [1.29, 1.82) is 0 Å². The monoisotopic (exact) mass is 384 g/mol. The summed E-state index contributed by atoms with van der Waals surface area (Å²) < 4.78 is 1.10. The van der Waals surface area contributed by atoms with Gasteiger partial charge in [-0.1, -0.05) is 15.9 Å². The highest BCUT2D eigenvalue weighted by molar-refractivity contribution is 9.10. The van der Waals surface area contributed by atoms with Gasteiger partial charge in [0.25, 0.3) is 0 Å². The Morgan fingerprint density at radius 1 is 1.41 bits per heavy atom. The van der Waals surface area contributed by atoms with Crippen LogP contribution >= 0.6 is 27.7 Å². The fraction of sp³-hybridized carbons (Fsp3) is 0.588. The summed E-state index contributed by atoms with van der Waals surface area (Å²) in [4.78, 5) is 15.6. The Hall–Kier alpha value is -0.520. The molecule has 5 heteroatoms. The highest BCUT2D eigenvalue weighted by Gasteiger charge is 2.22. The molecular weight excluding hydrogens is 360 g/mol. The lowest BCUT2D eigenvalue weighted by molar-refractivity contribution is -0.132. The van der Waals surface area contributed by atoms with E-state index in [-0.39, 0.29) is 0 Å². The summed E-state index contributed by atoms with van der Waals surface area (Å²) in [5, 5.41) is 3.23. The lowest BCUT2D eigenvalue weighted by Gasteiger charge is -2.32. The molecule has 0 aliphatic carbocycles. The molecule has 0 radical (unpaired) electrons. The van der Waals surface area contributed by atoms with Gasteiger partial charge in [-0.2, -0.15) is 0 Å². The lowest BCUT2D eigenvalue weighted by atomic mass is 9.98. The molecule has 122 valence electrons. The van der Waals surface area contributed by atoms with E-state index < -0.39 is 0 Å². The average molecular weight is 385 g/mol. The van der Waals surface area contributed by atoms with E-state index in [1.54, 1.807) is 0 Å². The van der Waals surface area contributed by atoms with Crippen molar-refractivity contribution in [3.8, 4) is 0 Å². The number of carbonyl (C=O) groups is 1. The minimum atomic E-state index is 0.331. The molecule has 1 fully saturated rings. The van der Waals surface area contributed by atoms with Crippen LogP contribution in [0.3, 0.4) is 0 Å². The number of amides is 1. The van der Waals surface area contributed by atoms with Gasteiger partial charge in [-0.3, -0.25) is 4.79 Å². The topological polar surface area (TPSA) is 32.3 Å². The van der Waals surface area contributed by atoms with Crippen molar-refractivity contribution in [1.82, 2.24) is 10.2 Å². The van der Waals surface area contributed by atoms with Crippen LogP contribution in [-0.4, -0.2) is 43.2 Å². The van der Waals surface area contributed by atoms with E-state index in [0.29, 0.717) is 18.2 Å². The van der Waals surface area contributed by atoms with Crippen molar-refractivity contribution >= 4 is 33.6 Å². The predicted molar refractivity (Wildman–Crippen MR) is 97.3 cm³/mol. The van der Waals surface area contributed by atoms with E-state index in [1.807, 2.05) is 18.8 Å². The second kappa shape index (κ2) is 9.58. The zero-order chi connectivity index (χ0) is 15.8. The van der Waals surface area contributed by atoms with Crippen LogP contribution in [0.2, 0.25) is 0 Å². The molecule has 1 atom stereocenters. The first kappa shape index (κ1) is 17.8. The van der Waals surface area contributed by atoms with Gasteiger partial charge in [-0.25, -0.2) is 0 Å². The van der Waals surface area contributed by atoms with E-state index in [1.165, 1.54) is 11.3 Å². The summed E-state index contributed by atoms with van der Waals surface area (Å²) in [7, 11) is 1.99. The molecule has 1 aromatic carbocycles. The van der Waals surface area contributed by atoms with E-state index in [0.717, 1.165) is 42.7 Å². The third kappa shape index (κ3) is 5.94. The maximum Gasteiger partial charge on any atom is 0.222 e. The van der Waals surface area contributed by atoms with Gasteiger partial charge >= 0.3 is 0 Å². The number of thioether (sulfide) groups is 1. The van der Waals surface area contributed by atoms with E-state index in [9.17, 15) is 4.79 Å². The van der Waals surface area contributed by atoms with Crippen molar-refractivity contribution in [2.75, 3.05) is 32.4 Å². The number of halogens is 1. The largest absolute Gasteiger partial charge is 0.342 e. The Bertz CT molecular complexity index is 464. The number of nitrogens with zero attached hydrogens (tertiary/aromatic N) is 1. The average Bonchev–Trinajstić information content (AvgIpc) is 2.53. The first-order valence-corrected chi connectivity index (χ1v) is 9.77. The molecule has 0 saturated carbocycles. The van der Waals surface area contributed by atoms with Crippen LogP contribution in [0.15, 0.2) is 33.6 Å². The fourth-order valence-electron chi connectivity index (χ4n) is 2.85. The van der Waals surface area contributed by atoms with Gasteiger partial charge in [0.2, 0.25) is 5.91 Å². The van der Waals surface area contributed by atoms with Gasteiger partial charge in [0.15, 0.2) is 0 Å². The van der Waals surface area contributed by atoms with E-state index >= 15 is 0 Å². The highest BCUT2D eigenvalue weighted by atomic mass is 79.9. The van der Waals surface area contributed by atoms with Crippen molar-refractivity contribution in [3.63, 3.8) is 0 Å². The standard InChI is InChI=1S/C17H25BrN2OS/c1-19-12-14-4-2-10-20(13-14)17(21)5-3-11-22-16-8-6-15(18)7-9-16/h6-9,14,19H,2-5,10-13H2,1H3. The molecule has 22 heavy (non-hydrogen) atoms. The quantitative estimate of drug-likeness (QED) is 0.573. The van der Waals surface area contributed by atoms with Crippen LogP contribution in [0.4, 0.5) is 0 Å². The van der Waals surface area contributed by atoms with Crippen LogP contribution < -0.4 is 5.32 Å². The zero-order valence-electron chi connectivity index (χ0n) is 13.2. The molecule has 1 N–H and O–H groups in total. The third-order valence-corrected chi connectivity index (χ3v) is 5.61. The zero-order valence-corrected chi connectivity index (χ0v) is 15.6. The molecule has 1 amide bonds. The minimum absolute atomic E-state index is 0.331. The Morgan fingerprint density at radius 3 is 2.91 bits per heavy atom. The van der Waals surface area contributed by atoms with Crippen molar-refractivity contribution < 1.29 is 4.79 Å². The Kier molecular flexibility index (Phi) is 7.76. The second-order valence-corrected chi connectivity index (χ2v) is 7.90. The van der Waals surface area contributed by atoms with Crippen LogP contribution in [0.5, 0.6) is 0 Å². The van der Waals surface area contributed by atoms with Crippen LogP contribution in [0.25, 0.3) is 0 Å². The number of hydrogen-bond donors (Lipinski definition) is 1. The molecule has 0 spiro atoms. The number of benzene rings is 1. The maximum atomic E-state index is 12.3. The number of likely N-dealkylation sites (tertiary alicyclic amines) is 1. The van der Waals surface area contributed by atoms with E-state index in [4.69, 9.17) is 0 Å². The number of hydrogen-bond acceptors (Lipinski definition) is 3. The van der Waals surface area contributed by atoms with Gasteiger partial charge in [-0.05, 0) is 68.8 Å². The SMILES string of the molecule is CNCC1CCCN(C(=O)CCCSc2ccc(Br)cc2)C1. The summed E-state index contributed by atoms with van der Waals surface area (Å²) in [6.07, 6.45) is 4.01. The van der Waals surface area contributed by atoms with Crippen molar-refractivity contribution in [3.05, 3.63) is 28.7 Å². The fourth-order valence-corrected chi connectivity index (χ4v) is 3.97. The molecule has 0 bridgehead atoms. The highest BCUT2D eigenvalue weighted by Crippen LogP contribution is 2.22. The summed E-state index contributed by atoms with van der Waals surface area (Å²) >= 11 is 5.27. The molecule has 1 aromatic rings. The molecule has 0 aromatic heterocycles. The van der Waals surface area contributed by atoms with Gasteiger partial charge in [-0.15, -0.1) is 11.8 Å². The smallest absolute Gasteiger partial charge is 0.222 e.